The Hall–Kier alpha value is -4.80. The zero-order valence-corrected chi connectivity index (χ0v) is 40.2. The van der Waals surface area contributed by atoms with Gasteiger partial charge in [-0.15, -0.1) is 0 Å². The van der Waals surface area contributed by atoms with E-state index in [1.165, 1.54) is 0 Å². The second-order valence-corrected chi connectivity index (χ2v) is 19.7. The summed E-state index contributed by atoms with van der Waals surface area (Å²) < 4.78 is 30.6. The standard InChI is InChI=1S/2C21H33ClFN7O3/c2*1-21(2)12-30(9-8-29(21)3)17-15(23)16(25-19(22)26-17)27-28-18(31)14(11-24-20(32)33)10-13-6-4-5-7-13/h2*13-14,24H,4-12H2,1-3H3,(H,28,31)(H,32,33)(H,25,26,27)/t2*14-/m11/s1. The van der Waals surface area contributed by atoms with E-state index >= 15 is 8.78 Å². The second-order valence-electron chi connectivity index (χ2n) is 19.0. The molecule has 66 heavy (non-hydrogen) atoms. The molecular formula is C42H66Cl2F2N14O6. The van der Waals surface area contributed by atoms with Crippen LogP contribution in [0.4, 0.5) is 41.6 Å². The summed E-state index contributed by atoms with van der Waals surface area (Å²) in [7, 11) is 4.04. The number of aromatic nitrogens is 4. The van der Waals surface area contributed by atoms with Crippen LogP contribution in [0.15, 0.2) is 0 Å². The van der Waals surface area contributed by atoms with Crippen LogP contribution >= 0.6 is 23.2 Å². The van der Waals surface area contributed by atoms with E-state index in [9.17, 15) is 19.2 Å². The highest BCUT2D eigenvalue weighted by atomic mass is 35.5. The van der Waals surface area contributed by atoms with Gasteiger partial charge in [-0.2, -0.15) is 28.7 Å². The van der Waals surface area contributed by atoms with Crippen LogP contribution in [0.1, 0.15) is 91.9 Å². The van der Waals surface area contributed by atoms with Gasteiger partial charge in [0.05, 0.1) is 11.8 Å². The third-order valence-corrected chi connectivity index (χ3v) is 13.7. The number of carbonyl (C=O) groups is 4. The van der Waals surface area contributed by atoms with Gasteiger partial charge in [-0.3, -0.25) is 41.1 Å². The number of rotatable bonds is 16. The molecule has 6 rings (SSSR count). The van der Waals surface area contributed by atoms with Crippen molar-refractivity contribution in [1.82, 2.24) is 51.2 Å². The van der Waals surface area contributed by atoms with Crippen molar-refractivity contribution in [3.63, 3.8) is 0 Å². The quantitative estimate of drug-likeness (QED) is 0.0774. The Bertz CT molecular complexity index is 1870. The van der Waals surface area contributed by atoms with Gasteiger partial charge in [0.15, 0.2) is 23.3 Å². The van der Waals surface area contributed by atoms with Gasteiger partial charge in [0.25, 0.3) is 0 Å². The second kappa shape index (κ2) is 23.3. The van der Waals surface area contributed by atoms with Crippen LogP contribution in [0.25, 0.3) is 0 Å². The lowest BCUT2D eigenvalue weighted by Crippen LogP contribution is -2.58. The van der Waals surface area contributed by atoms with Gasteiger partial charge in [0.2, 0.25) is 34.0 Å². The van der Waals surface area contributed by atoms with Gasteiger partial charge >= 0.3 is 12.2 Å². The molecule has 4 amide bonds. The lowest BCUT2D eigenvalue weighted by Gasteiger charge is -2.45. The van der Waals surface area contributed by atoms with Crippen LogP contribution in [-0.4, -0.2) is 141 Å². The molecule has 2 aromatic rings. The number of halogens is 4. The molecule has 2 aromatic heterocycles. The van der Waals surface area contributed by atoms with E-state index in [-0.39, 0.29) is 58.0 Å². The smallest absolute Gasteiger partial charge is 0.404 e. The van der Waals surface area contributed by atoms with Crippen molar-refractivity contribution in [2.75, 3.05) is 87.1 Å². The van der Waals surface area contributed by atoms with Crippen LogP contribution in [-0.2, 0) is 9.59 Å². The Morgan fingerprint density at radius 2 is 0.985 bits per heavy atom. The summed E-state index contributed by atoms with van der Waals surface area (Å²) in [5.74, 6) is -3.06. The fourth-order valence-electron chi connectivity index (χ4n) is 8.97. The number of amides is 4. The lowest BCUT2D eigenvalue weighted by atomic mass is 9.92. The molecule has 0 unspecified atom stereocenters. The van der Waals surface area contributed by atoms with Crippen molar-refractivity contribution in [2.45, 2.75) is 103 Å². The molecule has 0 radical (unpaired) electrons. The average molecular weight is 972 g/mol. The predicted molar refractivity (Wildman–Crippen MR) is 248 cm³/mol. The Balaban J connectivity index is 0.000000247. The topological polar surface area (TPSA) is 245 Å². The van der Waals surface area contributed by atoms with E-state index in [2.05, 4.69) is 89.8 Å². The maximum atomic E-state index is 15.3. The molecule has 0 spiro atoms. The minimum absolute atomic E-state index is 0.0199. The highest BCUT2D eigenvalue weighted by molar-refractivity contribution is 6.28. The number of carbonyl (C=O) groups excluding carboxylic acids is 2. The Kier molecular flexibility index (Phi) is 18.4. The first-order chi connectivity index (χ1) is 31.1. The number of hydrogen-bond donors (Lipinski definition) is 8. The summed E-state index contributed by atoms with van der Waals surface area (Å²) in [6.45, 7) is 11.9. The van der Waals surface area contributed by atoms with Crippen molar-refractivity contribution in [3.8, 4) is 0 Å². The summed E-state index contributed by atoms with van der Waals surface area (Å²) in [5.41, 5.74) is 9.66. The first-order valence-electron chi connectivity index (χ1n) is 22.6. The average Bonchev–Trinajstić information content (AvgIpc) is 3.98. The number of nitrogens with one attached hydrogen (secondary N) is 6. The Labute approximate surface area is 394 Å². The monoisotopic (exact) mass is 970 g/mol. The zero-order chi connectivity index (χ0) is 48.3. The van der Waals surface area contributed by atoms with Crippen molar-refractivity contribution in [3.05, 3.63) is 22.2 Å². The molecule has 2 saturated heterocycles. The number of piperazine rings is 2. The maximum Gasteiger partial charge on any atom is 0.404 e. The van der Waals surface area contributed by atoms with Gasteiger partial charge in [0.1, 0.15) is 0 Å². The molecule has 4 heterocycles. The van der Waals surface area contributed by atoms with Crippen LogP contribution in [0, 0.1) is 35.3 Å². The van der Waals surface area contributed by atoms with Crippen molar-refractivity contribution in [1.29, 1.82) is 0 Å². The molecule has 0 bridgehead atoms. The first kappa shape index (κ1) is 52.2. The third kappa shape index (κ3) is 14.6. The minimum Gasteiger partial charge on any atom is -0.465 e. The van der Waals surface area contributed by atoms with E-state index < -0.39 is 47.5 Å². The van der Waals surface area contributed by atoms with E-state index in [0.29, 0.717) is 50.9 Å². The molecule has 24 heteroatoms. The van der Waals surface area contributed by atoms with Crippen molar-refractivity contribution in [2.24, 2.45) is 23.7 Å². The summed E-state index contributed by atoms with van der Waals surface area (Å²) >= 11 is 12.1. The predicted octanol–water partition coefficient (Wildman–Crippen LogP) is 5.41. The van der Waals surface area contributed by atoms with Crippen LogP contribution in [0.5, 0.6) is 0 Å². The fraction of sp³-hybridized carbons (Fsp3) is 0.714. The first-order valence-corrected chi connectivity index (χ1v) is 23.3. The number of anilines is 4. The SMILES string of the molecule is CN1CCN(c2nc(Cl)nc(NNC(=O)[C@@H](CNC(=O)O)CC3CCCC3)c2F)CC1(C)C.CN1CCN(c2nc(Cl)nc(NNC(=O)[C@@H](CNC(=O)O)CC3CCCC3)c2F)CC1(C)C. The van der Waals surface area contributed by atoms with Gasteiger partial charge in [-0.25, -0.2) is 9.59 Å². The number of carboxylic acid groups (broad SMARTS) is 2. The molecule has 368 valence electrons. The third-order valence-electron chi connectivity index (χ3n) is 13.4. The number of likely N-dealkylation sites (N-methyl/N-ethyl adjacent to an activating group) is 2. The normalized spacial score (nSPS) is 19.8. The van der Waals surface area contributed by atoms with Crippen molar-refractivity contribution >= 4 is 70.5 Å². The van der Waals surface area contributed by atoms with Crippen LogP contribution in [0.2, 0.25) is 10.6 Å². The van der Waals surface area contributed by atoms with Gasteiger partial charge in [0, 0.05) is 63.4 Å². The highest BCUT2D eigenvalue weighted by Gasteiger charge is 2.36. The minimum atomic E-state index is -1.19. The van der Waals surface area contributed by atoms with Crippen LogP contribution in [0.3, 0.4) is 0 Å². The van der Waals surface area contributed by atoms with E-state index in [0.717, 1.165) is 64.5 Å². The molecule has 4 aliphatic rings. The van der Waals surface area contributed by atoms with Gasteiger partial charge in [-0.1, -0.05) is 51.4 Å². The van der Waals surface area contributed by atoms with Crippen molar-refractivity contribution < 1.29 is 38.2 Å². The molecule has 8 N–H and O–H groups in total. The molecule has 2 atom stereocenters. The summed E-state index contributed by atoms with van der Waals surface area (Å²) in [5, 5.41) is 22.2. The molecule has 2 aliphatic heterocycles. The Morgan fingerprint density at radius 1 is 0.636 bits per heavy atom. The fourth-order valence-corrected chi connectivity index (χ4v) is 9.30. The summed E-state index contributed by atoms with van der Waals surface area (Å²) in [4.78, 5) is 71.4. The van der Waals surface area contributed by atoms with Gasteiger partial charge in [-0.05, 0) is 89.7 Å². The molecule has 20 nitrogen and oxygen atoms in total. The largest absolute Gasteiger partial charge is 0.465 e. The summed E-state index contributed by atoms with van der Waals surface area (Å²) in [6, 6.07) is 0. The number of nitrogens with zero attached hydrogens (tertiary/aromatic N) is 8. The summed E-state index contributed by atoms with van der Waals surface area (Å²) in [6.07, 6.45) is 7.25. The molecule has 4 fully saturated rings. The zero-order valence-electron chi connectivity index (χ0n) is 38.7. The van der Waals surface area contributed by atoms with Crippen LogP contribution < -0.4 is 42.1 Å². The molecular weight excluding hydrogens is 905 g/mol. The molecule has 2 saturated carbocycles. The Morgan fingerprint density at radius 3 is 1.30 bits per heavy atom. The van der Waals surface area contributed by atoms with E-state index in [1.54, 1.807) is 0 Å². The van der Waals surface area contributed by atoms with E-state index in [1.807, 2.05) is 23.9 Å². The lowest BCUT2D eigenvalue weighted by molar-refractivity contribution is -0.125. The maximum absolute atomic E-state index is 15.3. The molecule has 0 aromatic carbocycles. The number of hydrogen-bond acceptors (Lipinski definition) is 14. The number of hydrazine groups is 2. The highest BCUT2D eigenvalue weighted by Crippen LogP contribution is 2.33. The molecule has 2 aliphatic carbocycles. The van der Waals surface area contributed by atoms with E-state index in [4.69, 9.17) is 33.4 Å². The van der Waals surface area contributed by atoms with Gasteiger partial charge < -0.3 is 30.6 Å².